The zero-order chi connectivity index (χ0) is 12.4. The van der Waals surface area contributed by atoms with Crippen LogP contribution in [0.4, 0.5) is 0 Å². The van der Waals surface area contributed by atoms with E-state index < -0.39 is 0 Å². The first-order valence-corrected chi connectivity index (χ1v) is 6.18. The smallest absolute Gasteiger partial charge is 0.231 e. The van der Waals surface area contributed by atoms with Crippen LogP contribution in [0.5, 0.6) is 11.5 Å². The number of morpholine rings is 1. The third-order valence-corrected chi connectivity index (χ3v) is 3.27. The number of hydrogen-bond acceptors (Lipinski definition) is 5. The second-order valence-corrected chi connectivity index (χ2v) is 4.60. The lowest BCUT2D eigenvalue weighted by Gasteiger charge is -2.31. The first-order valence-electron chi connectivity index (χ1n) is 6.18. The highest BCUT2D eigenvalue weighted by Crippen LogP contribution is 2.32. The average molecular weight is 251 g/mol. The van der Waals surface area contributed by atoms with Gasteiger partial charge < -0.3 is 19.3 Å². The Bertz CT molecular complexity index is 423. The summed E-state index contributed by atoms with van der Waals surface area (Å²) in [7, 11) is 0. The van der Waals surface area contributed by atoms with Gasteiger partial charge in [0, 0.05) is 19.6 Å². The van der Waals surface area contributed by atoms with Crippen molar-refractivity contribution >= 4 is 0 Å². The minimum absolute atomic E-state index is 0.0623. The van der Waals surface area contributed by atoms with Crippen LogP contribution in [0.15, 0.2) is 18.2 Å². The molecular weight excluding hydrogens is 234 g/mol. The minimum Gasteiger partial charge on any atom is -0.454 e. The molecule has 18 heavy (non-hydrogen) atoms. The molecule has 2 aliphatic heterocycles. The maximum atomic E-state index is 9.11. The second-order valence-electron chi connectivity index (χ2n) is 4.60. The van der Waals surface area contributed by atoms with Gasteiger partial charge in [-0.15, -0.1) is 0 Å². The highest BCUT2D eigenvalue weighted by atomic mass is 16.7. The molecule has 1 aromatic carbocycles. The Kier molecular flexibility index (Phi) is 3.36. The number of aliphatic hydroxyl groups excluding tert-OH is 1. The highest BCUT2D eigenvalue weighted by molar-refractivity contribution is 5.44. The van der Waals surface area contributed by atoms with Crippen molar-refractivity contribution in [1.29, 1.82) is 0 Å². The normalized spacial score (nSPS) is 23.3. The van der Waals surface area contributed by atoms with E-state index in [0.717, 1.165) is 31.1 Å². The molecule has 1 fully saturated rings. The predicted molar refractivity (Wildman–Crippen MR) is 64.7 cm³/mol. The van der Waals surface area contributed by atoms with Crippen LogP contribution >= 0.6 is 0 Å². The number of fused-ring (bicyclic) bond motifs is 1. The lowest BCUT2D eigenvalue weighted by atomic mass is 10.1. The summed E-state index contributed by atoms with van der Waals surface area (Å²) < 4.78 is 16.1. The van der Waals surface area contributed by atoms with E-state index in [1.165, 1.54) is 5.56 Å². The van der Waals surface area contributed by atoms with Gasteiger partial charge in [0.2, 0.25) is 6.79 Å². The van der Waals surface area contributed by atoms with Crippen LogP contribution in [0.25, 0.3) is 0 Å². The van der Waals surface area contributed by atoms with Crippen LogP contribution in [0, 0.1) is 0 Å². The summed E-state index contributed by atoms with van der Waals surface area (Å²) in [6.07, 6.45) is -0.0623. The number of rotatable bonds is 3. The number of aliphatic hydroxyl groups is 1. The van der Waals surface area contributed by atoms with Crippen LogP contribution < -0.4 is 9.47 Å². The van der Waals surface area contributed by atoms with Gasteiger partial charge in [0.15, 0.2) is 11.5 Å². The summed E-state index contributed by atoms with van der Waals surface area (Å²) in [4.78, 5) is 2.28. The first-order chi connectivity index (χ1) is 8.85. The summed E-state index contributed by atoms with van der Waals surface area (Å²) in [5.41, 5.74) is 1.19. The van der Waals surface area contributed by atoms with Gasteiger partial charge in [0.1, 0.15) is 0 Å². The van der Waals surface area contributed by atoms with Crippen LogP contribution in [0.3, 0.4) is 0 Å². The molecule has 0 saturated carbocycles. The van der Waals surface area contributed by atoms with Crippen LogP contribution in [-0.4, -0.2) is 49.2 Å². The summed E-state index contributed by atoms with van der Waals surface area (Å²) >= 11 is 0. The topological polar surface area (TPSA) is 51.2 Å². The van der Waals surface area contributed by atoms with Gasteiger partial charge in [-0.3, -0.25) is 4.90 Å². The first kappa shape index (κ1) is 11.8. The Hall–Kier alpha value is -1.30. The predicted octanol–water partition coefficient (Wildman–Crippen LogP) is 0.608. The number of hydrogen-bond donors (Lipinski definition) is 1. The molecule has 1 aromatic rings. The van der Waals surface area contributed by atoms with Gasteiger partial charge in [-0.25, -0.2) is 0 Å². The summed E-state index contributed by atoms with van der Waals surface area (Å²) in [6.45, 7) is 3.57. The number of ether oxygens (including phenoxy) is 3. The Morgan fingerprint density at radius 3 is 3.06 bits per heavy atom. The molecule has 0 aromatic heterocycles. The van der Waals surface area contributed by atoms with E-state index in [0.29, 0.717) is 13.4 Å². The van der Waals surface area contributed by atoms with Gasteiger partial charge in [-0.2, -0.15) is 0 Å². The molecule has 1 unspecified atom stereocenters. The van der Waals surface area contributed by atoms with Crippen molar-refractivity contribution < 1.29 is 19.3 Å². The lowest BCUT2D eigenvalue weighted by molar-refractivity contribution is -0.0551. The van der Waals surface area contributed by atoms with Crippen LogP contribution in [-0.2, 0) is 11.3 Å². The molecule has 2 aliphatic rings. The fraction of sp³-hybridized carbons (Fsp3) is 0.538. The van der Waals surface area contributed by atoms with Gasteiger partial charge in [0.25, 0.3) is 0 Å². The molecule has 5 nitrogen and oxygen atoms in total. The van der Waals surface area contributed by atoms with E-state index in [1.807, 2.05) is 12.1 Å². The van der Waals surface area contributed by atoms with Crippen molar-refractivity contribution in [1.82, 2.24) is 4.90 Å². The van der Waals surface area contributed by atoms with Crippen molar-refractivity contribution in [2.75, 3.05) is 33.1 Å². The fourth-order valence-electron chi connectivity index (χ4n) is 2.33. The molecule has 0 spiro atoms. The van der Waals surface area contributed by atoms with Crippen molar-refractivity contribution in [3.63, 3.8) is 0 Å². The third-order valence-electron chi connectivity index (χ3n) is 3.27. The van der Waals surface area contributed by atoms with E-state index >= 15 is 0 Å². The fourth-order valence-corrected chi connectivity index (χ4v) is 2.33. The third kappa shape index (κ3) is 2.43. The molecule has 3 rings (SSSR count). The van der Waals surface area contributed by atoms with Crippen molar-refractivity contribution in [3.8, 4) is 11.5 Å². The van der Waals surface area contributed by atoms with E-state index in [4.69, 9.17) is 19.3 Å². The SMILES string of the molecule is OCC1CN(Cc2ccc3c(c2)OCO3)CCO1. The maximum Gasteiger partial charge on any atom is 0.231 e. The largest absolute Gasteiger partial charge is 0.454 e. The molecule has 0 amide bonds. The minimum atomic E-state index is -0.0623. The Balaban J connectivity index is 1.65. The zero-order valence-corrected chi connectivity index (χ0v) is 10.2. The second kappa shape index (κ2) is 5.14. The quantitative estimate of drug-likeness (QED) is 0.853. The molecule has 5 heteroatoms. The van der Waals surface area contributed by atoms with Crippen molar-refractivity contribution in [3.05, 3.63) is 23.8 Å². The van der Waals surface area contributed by atoms with E-state index in [2.05, 4.69) is 11.0 Å². The molecular formula is C13H17NO4. The van der Waals surface area contributed by atoms with Crippen LogP contribution in [0.2, 0.25) is 0 Å². The molecule has 98 valence electrons. The summed E-state index contributed by atoms with van der Waals surface area (Å²) in [5, 5.41) is 9.11. The number of nitrogens with zero attached hydrogens (tertiary/aromatic N) is 1. The van der Waals surface area contributed by atoms with E-state index in [-0.39, 0.29) is 12.7 Å². The van der Waals surface area contributed by atoms with Crippen molar-refractivity contribution in [2.24, 2.45) is 0 Å². The van der Waals surface area contributed by atoms with Gasteiger partial charge >= 0.3 is 0 Å². The van der Waals surface area contributed by atoms with Gasteiger partial charge in [0.05, 0.1) is 19.3 Å². The molecule has 0 bridgehead atoms. The molecule has 0 radical (unpaired) electrons. The monoisotopic (exact) mass is 251 g/mol. The highest BCUT2D eigenvalue weighted by Gasteiger charge is 2.20. The lowest BCUT2D eigenvalue weighted by Crippen LogP contribution is -2.43. The molecule has 1 saturated heterocycles. The van der Waals surface area contributed by atoms with Crippen LogP contribution in [0.1, 0.15) is 5.56 Å². The van der Waals surface area contributed by atoms with Gasteiger partial charge in [-0.1, -0.05) is 6.07 Å². The van der Waals surface area contributed by atoms with E-state index in [1.54, 1.807) is 0 Å². The van der Waals surface area contributed by atoms with Crippen molar-refractivity contribution in [2.45, 2.75) is 12.6 Å². The molecule has 1 N–H and O–H groups in total. The number of benzene rings is 1. The standard InChI is InChI=1S/C13H17NO4/c15-8-11-7-14(3-4-16-11)6-10-1-2-12-13(5-10)18-9-17-12/h1-2,5,11,15H,3-4,6-9H2. The summed E-state index contributed by atoms with van der Waals surface area (Å²) in [6, 6.07) is 6.02. The summed E-state index contributed by atoms with van der Waals surface area (Å²) in [5.74, 6) is 1.63. The van der Waals surface area contributed by atoms with E-state index in [9.17, 15) is 0 Å². The Morgan fingerprint density at radius 2 is 2.17 bits per heavy atom. The molecule has 2 heterocycles. The average Bonchev–Trinajstić information content (AvgIpc) is 2.86. The Labute approximate surface area is 106 Å². The molecule has 1 atom stereocenters. The van der Waals surface area contributed by atoms with Gasteiger partial charge in [-0.05, 0) is 17.7 Å². The molecule has 0 aliphatic carbocycles. The maximum absolute atomic E-state index is 9.11. The Morgan fingerprint density at radius 1 is 1.28 bits per heavy atom. The zero-order valence-electron chi connectivity index (χ0n) is 10.2.